The highest BCUT2D eigenvalue weighted by Gasteiger charge is 2.20. The van der Waals surface area contributed by atoms with Crippen LogP contribution in [0.3, 0.4) is 0 Å². The van der Waals surface area contributed by atoms with E-state index in [9.17, 15) is 4.39 Å². The van der Waals surface area contributed by atoms with Gasteiger partial charge in [-0.2, -0.15) is 5.10 Å². The first-order valence-electron chi connectivity index (χ1n) is 12.4. The third-order valence-electron chi connectivity index (χ3n) is 6.62. The number of halogens is 2. The summed E-state index contributed by atoms with van der Waals surface area (Å²) in [5.41, 5.74) is 5.60. The first kappa shape index (κ1) is 23.6. The molecule has 0 spiro atoms. The van der Waals surface area contributed by atoms with Gasteiger partial charge >= 0.3 is 0 Å². The molecule has 9 heteroatoms. The van der Waals surface area contributed by atoms with Gasteiger partial charge in [0.05, 0.1) is 33.8 Å². The van der Waals surface area contributed by atoms with Gasteiger partial charge in [-0.15, -0.1) is 0 Å². The van der Waals surface area contributed by atoms with E-state index in [1.807, 2.05) is 42.1 Å². The monoisotopic (exact) mass is 516 g/mol. The van der Waals surface area contributed by atoms with Crippen molar-refractivity contribution in [3.8, 4) is 22.6 Å². The minimum atomic E-state index is -0.437. The van der Waals surface area contributed by atoms with Crippen LogP contribution in [0.15, 0.2) is 60.8 Å². The maximum atomic E-state index is 14.4. The summed E-state index contributed by atoms with van der Waals surface area (Å²) in [5, 5.41) is 8.93. The van der Waals surface area contributed by atoms with E-state index in [4.69, 9.17) is 26.3 Å². The molecule has 2 N–H and O–H groups in total. The maximum absolute atomic E-state index is 14.4. The van der Waals surface area contributed by atoms with E-state index in [0.29, 0.717) is 11.5 Å². The molecule has 1 aliphatic heterocycles. The van der Waals surface area contributed by atoms with E-state index in [2.05, 4.69) is 27.5 Å². The average Bonchev–Trinajstić information content (AvgIpc) is 3.54. The summed E-state index contributed by atoms with van der Waals surface area (Å²) in [6.07, 6.45) is 5.03. The number of hydrogen-bond donors (Lipinski definition) is 2. The topological polar surface area (TPSA) is 80.7 Å². The van der Waals surface area contributed by atoms with Crippen LogP contribution in [0.2, 0.25) is 5.02 Å². The van der Waals surface area contributed by atoms with Gasteiger partial charge in [0, 0.05) is 35.4 Å². The second-order valence-electron chi connectivity index (χ2n) is 9.22. The number of ether oxygens (including phenoxy) is 1. The molecule has 0 aliphatic carbocycles. The van der Waals surface area contributed by atoms with E-state index >= 15 is 0 Å². The van der Waals surface area contributed by atoms with Crippen LogP contribution in [0, 0.1) is 12.7 Å². The Morgan fingerprint density at radius 2 is 2.03 bits per heavy atom. The molecule has 1 aliphatic rings. The van der Waals surface area contributed by atoms with E-state index in [1.54, 1.807) is 12.1 Å². The first-order valence-corrected chi connectivity index (χ1v) is 12.7. The second kappa shape index (κ2) is 9.95. The second-order valence-corrected chi connectivity index (χ2v) is 9.63. The number of aromatic amines is 1. The quantitative estimate of drug-likeness (QED) is 0.256. The zero-order chi connectivity index (χ0) is 25.4. The first-order chi connectivity index (χ1) is 18.1. The van der Waals surface area contributed by atoms with Crippen molar-refractivity contribution in [1.29, 1.82) is 0 Å². The predicted molar refractivity (Wildman–Crippen MR) is 143 cm³/mol. The number of hydrogen-bond acceptors (Lipinski definition) is 5. The zero-order valence-corrected chi connectivity index (χ0v) is 21.1. The fourth-order valence-corrected chi connectivity index (χ4v) is 4.94. The molecule has 4 heterocycles. The van der Waals surface area contributed by atoms with Gasteiger partial charge < -0.3 is 15.0 Å². The van der Waals surface area contributed by atoms with Crippen LogP contribution >= 0.6 is 11.6 Å². The van der Waals surface area contributed by atoms with Gasteiger partial charge in [-0.1, -0.05) is 35.9 Å². The van der Waals surface area contributed by atoms with Gasteiger partial charge in [-0.3, -0.25) is 4.98 Å². The van der Waals surface area contributed by atoms with Gasteiger partial charge in [0.1, 0.15) is 5.82 Å². The Morgan fingerprint density at radius 3 is 2.86 bits per heavy atom. The Hall–Kier alpha value is -3.75. The minimum Gasteiger partial charge on any atom is -0.356 e. The SMILES string of the molecule is Cc1cccc(-c2[nH]c(NCc3cccc(Cl)c3F)nc2-c2ccc3c(cnn3C3CCCCO3)c2)n1. The van der Waals surface area contributed by atoms with E-state index in [1.165, 1.54) is 6.07 Å². The smallest absolute Gasteiger partial charge is 0.201 e. The highest BCUT2D eigenvalue weighted by atomic mass is 35.5. The van der Waals surface area contributed by atoms with Gasteiger partial charge in [0.15, 0.2) is 6.23 Å². The third-order valence-corrected chi connectivity index (χ3v) is 6.92. The number of aromatic nitrogens is 5. The number of pyridine rings is 1. The highest BCUT2D eigenvalue weighted by molar-refractivity contribution is 6.30. The van der Waals surface area contributed by atoms with Gasteiger partial charge in [-0.25, -0.2) is 14.1 Å². The summed E-state index contributed by atoms with van der Waals surface area (Å²) >= 11 is 5.95. The van der Waals surface area contributed by atoms with Crippen molar-refractivity contribution >= 4 is 28.5 Å². The number of H-pyrrole nitrogens is 1. The van der Waals surface area contributed by atoms with Crippen LogP contribution < -0.4 is 5.32 Å². The molecule has 0 amide bonds. The Bertz CT molecular complexity index is 1570. The fourth-order valence-electron chi connectivity index (χ4n) is 4.74. The lowest BCUT2D eigenvalue weighted by molar-refractivity contribution is -0.0366. The molecule has 37 heavy (non-hydrogen) atoms. The Balaban J connectivity index is 1.37. The number of nitrogens with zero attached hydrogens (tertiary/aromatic N) is 4. The number of fused-ring (bicyclic) bond motifs is 1. The van der Waals surface area contributed by atoms with Crippen LogP contribution in [0.5, 0.6) is 0 Å². The van der Waals surface area contributed by atoms with Crippen LogP contribution in [-0.4, -0.2) is 31.3 Å². The Labute approximate surface area is 218 Å². The lowest BCUT2D eigenvalue weighted by Gasteiger charge is -2.23. The average molecular weight is 517 g/mol. The summed E-state index contributed by atoms with van der Waals surface area (Å²) in [5.74, 6) is 0.0764. The Kier molecular flexibility index (Phi) is 6.36. The van der Waals surface area contributed by atoms with Crippen molar-refractivity contribution in [2.75, 3.05) is 11.9 Å². The largest absolute Gasteiger partial charge is 0.356 e. The van der Waals surface area contributed by atoms with E-state index < -0.39 is 5.82 Å². The van der Waals surface area contributed by atoms with Gasteiger partial charge in [0.2, 0.25) is 5.95 Å². The molecule has 1 fully saturated rings. The van der Waals surface area contributed by atoms with Crippen LogP contribution in [0.1, 0.15) is 36.7 Å². The van der Waals surface area contributed by atoms with Crippen molar-refractivity contribution in [1.82, 2.24) is 24.7 Å². The van der Waals surface area contributed by atoms with Crippen LogP contribution in [0.25, 0.3) is 33.5 Å². The lowest BCUT2D eigenvalue weighted by atomic mass is 10.1. The molecule has 1 unspecified atom stereocenters. The van der Waals surface area contributed by atoms with Crippen molar-refractivity contribution in [2.45, 2.75) is 39.0 Å². The summed E-state index contributed by atoms with van der Waals surface area (Å²) in [6.45, 7) is 2.95. The molecule has 1 saturated heterocycles. The normalized spacial score (nSPS) is 15.8. The van der Waals surface area contributed by atoms with Crippen LogP contribution in [0.4, 0.5) is 10.3 Å². The third kappa shape index (κ3) is 4.70. The number of rotatable bonds is 6. The molecule has 5 aromatic rings. The highest BCUT2D eigenvalue weighted by Crippen LogP contribution is 2.34. The molecular weight excluding hydrogens is 491 g/mol. The maximum Gasteiger partial charge on any atom is 0.201 e. The summed E-state index contributed by atoms with van der Waals surface area (Å²) in [7, 11) is 0. The van der Waals surface area contributed by atoms with E-state index in [0.717, 1.165) is 65.1 Å². The van der Waals surface area contributed by atoms with Crippen molar-refractivity contribution in [2.24, 2.45) is 0 Å². The van der Waals surface area contributed by atoms with Gasteiger partial charge in [-0.05, 0) is 56.5 Å². The van der Waals surface area contributed by atoms with Crippen molar-refractivity contribution in [3.63, 3.8) is 0 Å². The molecule has 2 aromatic carbocycles. The molecule has 3 aromatic heterocycles. The lowest BCUT2D eigenvalue weighted by Crippen LogP contribution is -2.18. The summed E-state index contributed by atoms with van der Waals surface area (Å²) < 4.78 is 22.3. The molecule has 0 saturated carbocycles. The Morgan fingerprint density at radius 1 is 1.14 bits per heavy atom. The molecule has 0 bridgehead atoms. The zero-order valence-electron chi connectivity index (χ0n) is 20.3. The molecule has 0 radical (unpaired) electrons. The standard InChI is InChI=1S/C28H26ClFN6O/c1-17-6-4-9-22(33-17)27-26(34-28(35-27)31-15-19-7-5-8-21(29)25(19)30)18-11-12-23-20(14-18)16-32-36(23)24-10-2-3-13-37-24/h4-9,11-12,14,16,24H,2-3,10,13,15H2,1H3,(H2,31,34,35). The van der Waals surface area contributed by atoms with Crippen LogP contribution in [-0.2, 0) is 11.3 Å². The minimum absolute atomic E-state index is 0.0303. The fraction of sp³-hybridized carbons (Fsp3) is 0.250. The van der Waals surface area contributed by atoms with Crippen molar-refractivity contribution in [3.05, 3.63) is 82.9 Å². The molecule has 7 nitrogen and oxygen atoms in total. The number of anilines is 1. The summed E-state index contributed by atoms with van der Waals surface area (Å²) in [6, 6.07) is 17.0. The van der Waals surface area contributed by atoms with Gasteiger partial charge in [0.25, 0.3) is 0 Å². The van der Waals surface area contributed by atoms with E-state index in [-0.39, 0.29) is 17.8 Å². The number of imidazole rings is 1. The molecule has 6 rings (SSSR count). The predicted octanol–water partition coefficient (Wildman–Crippen LogP) is 6.90. The number of nitrogens with one attached hydrogen (secondary N) is 2. The summed E-state index contributed by atoms with van der Waals surface area (Å²) in [4.78, 5) is 12.9. The van der Waals surface area contributed by atoms with Crippen molar-refractivity contribution < 1.29 is 9.13 Å². The molecule has 188 valence electrons. The molecule has 1 atom stereocenters. The number of benzene rings is 2. The molecular formula is C28H26ClFN6O. The number of aryl methyl sites for hydroxylation is 1.